The molecule has 2 aromatic carbocycles. The van der Waals surface area contributed by atoms with Crippen LogP contribution in [0.3, 0.4) is 0 Å². The highest BCUT2D eigenvalue weighted by Gasteiger charge is 2.32. The zero-order chi connectivity index (χ0) is 29.1. The zero-order valence-corrected chi connectivity index (χ0v) is 24.5. The van der Waals surface area contributed by atoms with Gasteiger partial charge in [-0.15, -0.1) is 0 Å². The van der Waals surface area contributed by atoms with Gasteiger partial charge in [-0.25, -0.2) is 16.8 Å². The van der Waals surface area contributed by atoms with Crippen molar-refractivity contribution in [3.63, 3.8) is 0 Å². The van der Waals surface area contributed by atoms with Gasteiger partial charge in [0.25, 0.3) is 0 Å². The molecule has 0 aliphatic heterocycles. The molecule has 208 valence electrons. The van der Waals surface area contributed by atoms with Gasteiger partial charge in [0.05, 0.1) is 33.0 Å². The van der Waals surface area contributed by atoms with Crippen LogP contribution in [0.4, 0.5) is 0 Å². The first kappa shape index (κ1) is 29.3. The van der Waals surface area contributed by atoms with Crippen LogP contribution in [-0.4, -0.2) is 45.1 Å². The van der Waals surface area contributed by atoms with Crippen molar-refractivity contribution in [3.8, 4) is 0 Å². The van der Waals surface area contributed by atoms with E-state index in [0.717, 1.165) is 35.0 Å². The summed E-state index contributed by atoms with van der Waals surface area (Å²) in [5.74, 6) is -1.31. The monoisotopic (exact) mass is 576 g/mol. The second-order valence-corrected chi connectivity index (χ2v) is 14.2. The molecule has 0 amide bonds. The number of carbonyl (C=O) groups excluding carboxylic acids is 1. The quantitative estimate of drug-likeness (QED) is 0.266. The molecule has 0 spiro atoms. The Labute approximate surface area is 236 Å². The summed E-state index contributed by atoms with van der Waals surface area (Å²) >= 11 is 0. The van der Waals surface area contributed by atoms with Crippen molar-refractivity contribution < 1.29 is 21.6 Å². The number of hydrogen-bond donors (Lipinski definition) is 0. The van der Waals surface area contributed by atoms with Gasteiger partial charge in [0.15, 0.2) is 25.5 Å². The van der Waals surface area contributed by atoms with Gasteiger partial charge in [-0.3, -0.25) is 14.8 Å². The maximum Gasteiger partial charge on any atom is 0.175 e. The Bertz CT molecular complexity index is 1600. The second-order valence-electron chi connectivity index (χ2n) is 10.2. The van der Waals surface area contributed by atoms with Crippen LogP contribution in [0, 0.1) is 13.8 Å². The molecule has 0 bridgehead atoms. The highest BCUT2D eigenvalue weighted by molar-refractivity contribution is 7.91. The van der Waals surface area contributed by atoms with Gasteiger partial charge in [0.1, 0.15) is 0 Å². The van der Waals surface area contributed by atoms with Gasteiger partial charge in [-0.1, -0.05) is 36.4 Å². The molecule has 40 heavy (non-hydrogen) atoms. The average molecular weight is 577 g/mol. The third-order valence-electron chi connectivity index (χ3n) is 6.80. The Morgan fingerprint density at radius 2 is 0.950 bits per heavy atom. The van der Waals surface area contributed by atoms with Crippen LogP contribution in [0.15, 0.2) is 94.7 Å². The molecule has 4 aromatic rings. The van der Waals surface area contributed by atoms with Crippen molar-refractivity contribution in [2.75, 3.05) is 12.5 Å². The van der Waals surface area contributed by atoms with Crippen LogP contribution in [0.5, 0.6) is 0 Å². The van der Waals surface area contributed by atoms with Gasteiger partial charge >= 0.3 is 0 Å². The number of nitrogens with zero attached hydrogens (tertiary/aromatic N) is 2. The lowest BCUT2D eigenvalue weighted by atomic mass is 9.81. The fourth-order valence-electron chi connectivity index (χ4n) is 4.68. The van der Waals surface area contributed by atoms with E-state index in [1.54, 1.807) is 48.5 Å². The predicted octanol–water partition coefficient (Wildman–Crippen LogP) is 4.82. The lowest BCUT2D eigenvalue weighted by Crippen LogP contribution is -2.26. The molecule has 9 heteroatoms. The van der Waals surface area contributed by atoms with E-state index in [9.17, 15) is 21.6 Å². The van der Waals surface area contributed by atoms with Gasteiger partial charge in [-0.05, 0) is 86.3 Å². The summed E-state index contributed by atoms with van der Waals surface area (Å²) in [7, 11) is -6.70. The lowest BCUT2D eigenvalue weighted by molar-refractivity contribution is -0.122. The van der Waals surface area contributed by atoms with E-state index < -0.39 is 31.5 Å². The number of rotatable bonds is 10. The maximum atomic E-state index is 14.5. The molecule has 2 aromatic heterocycles. The van der Waals surface area contributed by atoms with E-state index in [1.807, 2.05) is 50.2 Å². The summed E-state index contributed by atoms with van der Waals surface area (Å²) in [4.78, 5) is 24.3. The molecule has 0 N–H and O–H groups in total. The molecular weight excluding hydrogens is 544 g/mol. The largest absolute Gasteiger partial charge is 0.298 e. The Morgan fingerprint density at radius 3 is 1.25 bits per heavy atom. The predicted molar refractivity (Wildman–Crippen MR) is 155 cm³/mol. The molecule has 7 nitrogen and oxygen atoms in total. The van der Waals surface area contributed by atoms with Crippen LogP contribution in [0.2, 0.25) is 0 Å². The van der Waals surface area contributed by atoms with Gasteiger partial charge in [0, 0.05) is 23.9 Å². The first-order valence-electron chi connectivity index (χ1n) is 12.8. The number of Topliss-reactive ketones (excluding diaryl/α,β-unsaturated/α-hetero) is 1. The van der Waals surface area contributed by atoms with E-state index in [4.69, 9.17) is 0 Å². The average Bonchev–Trinajstić information content (AvgIpc) is 2.89. The number of ketones is 1. The minimum atomic E-state index is -3.35. The Balaban J connectivity index is 1.76. The maximum absolute atomic E-state index is 14.5. The van der Waals surface area contributed by atoms with Gasteiger partial charge in [0.2, 0.25) is 0 Å². The summed E-state index contributed by atoms with van der Waals surface area (Å²) in [5.41, 5.74) is 4.43. The van der Waals surface area contributed by atoms with Crippen molar-refractivity contribution in [2.24, 2.45) is 0 Å². The highest BCUT2D eigenvalue weighted by atomic mass is 32.2. The molecule has 4 rings (SSSR count). The standard InChI is InChI=1S/C31H32N2O5S2/c1-21-7-5-9-29(32-21)27(19-23-11-15-25(16-12-23)39(3,35)36)31(34)28(30-10-6-8-22(2)33-30)20-24-13-17-26(18-14-24)40(4,37)38/h5-18,27-28H,19-20H2,1-4H3. The van der Waals surface area contributed by atoms with Crippen LogP contribution < -0.4 is 0 Å². The number of sulfone groups is 2. The van der Waals surface area contributed by atoms with Crippen molar-refractivity contribution in [2.45, 2.75) is 48.3 Å². The molecule has 0 saturated carbocycles. The summed E-state index contributed by atoms with van der Waals surface area (Å²) in [6.07, 6.45) is 2.98. The minimum Gasteiger partial charge on any atom is -0.298 e. The van der Waals surface area contributed by atoms with Crippen LogP contribution >= 0.6 is 0 Å². The number of pyridine rings is 2. The smallest absolute Gasteiger partial charge is 0.175 e. The molecule has 0 fully saturated rings. The Hall–Kier alpha value is -3.69. The molecule has 0 aliphatic rings. The fourth-order valence-corrected chi connectivity index (χ4v) is 5.94. The topological polar surface area (TPSA) is 111 Å². The normalized spacial score (nSPS) is 13.5. The van der Waals surface area contributed by atoms with Crippen molar-refractivity contribution in [1.29, 1.82) is 0 Å². The number of benzene rings is 2. The number of aryl methyl sites for hydroxylation is 2. The highest BCUT2D eigenvalue weighted by Crippen LogP contribution is 2.31. The number of carbonyl (C=O) groups is 1. The number of aromatic nitrogens is 2. The van der Waals surface area contributed by atoms with Crippen molar-refractivity contribution >= 4 is 25.5 Å². The van der Waals surface area contributed by atoms with Crippen LogP contribution in [-0.2, 0) is 37.3 Å². The fraction of sp³-hybridized carbons (Fsp3) is 0.258. The second kappa shape index (κ2) is 11.8. The summed E-state index contributed by atoms with van der Waals surface area (Å²) in [5, 5.41) is 0. The van der Waals surface area contributed by atoms with E-state index in [0.29, 0.717) is 24.2 Å². The van der Waals surface area contributed by atoms with E-state index in [-0.39, 0.29) is 15.6 Å². The summed E-state index contributed by atoms with van der Waals surface area (Å²) < 4.78 is 47.8. The van der Waals surface area contributed by atoms with Gasteiger partial charge in [-0.2, -0.15) is 0 Å². The summed E-state index contributed by atoms with van der Waals surface area (Å²) in [6.45, 7) is 3.74. The minimum absolute atomic E-state index is 0.0735. The van der Waals surface area contributed by atoms with Crippen LogP contribution in [0.1, 0.15) is 45.7 Å². The molecule has 2 unspecified atom stereocenters. The molecular formula is C31H32N2O5S2. The third-order valence-corrected chi connectivity index (χ3v) is 9.06. The lowest BCUT2D eigenvalue weighted by Gasteiger charge is -2.23. The van der Waals surface area contributed by atoms with Crippen LogP contribution in [0.25, 0.3) is 0 Å². The number of hydrogen-bond acceptors (Lipinski definition) is 7. The van der Waals surface area contributed by atoms with E-state index in [2.05, 4.69) is 9.97 Å². The SMILES string of the molecule is Cc1cccc(C(Cc2ccc(S(C)(=O)=O)cc2)C(=O)C(Cc2ccc(S(C)(=O)=O)cc2)c2cccc(C)n2)n1. The first-order valence-corrected chi connectivity index (χ1v) is 16.6. The molecule has 2 heterocycles. The Morgan fingerprint density at radius 1 is 0.600 bits per heavy atom. The molecule has 0 saturated heterocycles. The first-order chi connectivity index (χ1) is 18.8. The van der Waals surface area contributed by atoms with Crippen molar-refractivity contribution in [1.82, 2.24) is 9.97 Å². The molecule has 0 radical (unpaired) electrons. The zero-order valence-electron chi connectivity index (χ0n) is 22.9. The van der Waals surface area contributed by atoms with Crippen molar-refractivity contribution in [3.05, 3.63) is 119 Å². The van der Waals surface area contributed by atoms with E-state index >= 15 is 0 Å². The van der Waals surface area contributed by atoms with Gasteiger partial charge < -0.3 is 0 Å². The Kier molecular flexibility index (Phi) is 8.65. The molecule has 2 atom stereocenters. The van der Waals surface area contributed by atoms with E-state index in [1.165, 1.54) is 0 Å². The summed E-state index contributed by atoms with van der Waals surface area (Å²) in [6, 6.07) is 24.3. The third kappa shape index (κ3) is 7.28. The molecule has 0 aliphatic carbocycles.